The molecule has 0 radical (unpaired) electrons. The van der Waals surface area contributed by atoms with Crippen LogP contribution in [0.5, 0.6) is 0 Å². The zero-order valence-electron chi connectivity index (χ0n) is 22.6. The number of nitrogens with zero attached hydrogens (tertiary/aromatic N) is 1. The number of rotatable bonds is 13. The number of carbonyl (C=O) groups is 2. The van der Waals surface area contributed by atoms with E-state index in [1.54, 1.807) is 19.1 Å². The number of hydrogen-bond acceptors (Lipinski definition) is 4. The summed E-state index contributed by atoms with van der Waals surface area (Å²) in [5, 5.41) is 6.16. The van der Waals surface area contributed by atoms with E-state index >= 15 is 4.39 Å². The standard InChI is InChI=1S/C29H45ClFN3O3/c1-3-26(35)33-14-16-37-29(24-12-7-13-25(30)28(24)31)23-11-8-15-34(20-23)27(36)18-22(19-32-2)17-21-9-5-4-6-10-21/h7,12-13,21-23,29,32H,3-6,8-11,14-20H2,1-2H3,(H,33,35)/t22-,23-,29-/m1/s1. The van der Waals surface area contributed by atoms with Crippen molar-refractivity contribution in [3.63, 3.8) is 0 Å². The van der Waals surface area contributed by atoms with Crippen molar-refractivity contribution in [2.75, 3.05) is 39.8 Å². The minimum absolute atomic E-state index is 0.0476. The molecule has 8 heteroatoms. The molecule has 0 aromatic heterocycles. The second-order valence-corrected chi connectivity index (χ2v) is 11.2. The van der Waals surface area contributed by atoms with E-state index in [0.717, 1.165) is 38.3 Å². The summed E-state index contributed by atoms with van der Waals surface area (Å²) in [6, 6.07) is 4.98. The molecule has 1 aromatic rings. The van der Waals surface area contributed by atoms with Gasteiger partial charge in [-0.1, -0.05) is 62.8 Å². The van der Waals surface area contributed by atoms with Gasteiger partial charge < -0.3 is 20.3 Å². The molecule has 1 saturated carbocycles. The zero-order chi connectivity index (χ0) is 26.6. The van der Waals surface area contributed by atoms with Gasteiger partial charge in [-0.2, -0.15) is 0 Å². The lowest BCUT2D eigenvalue weighted by atomic mass is 9.81. The number of hydrogen-bond donors (Lipinski definition) is 2. The molecule has 3 atom stereocenters. The molecular formula is C29H45ClFN3O3. The third-order valence-corrected chi connectivity index (χ3v) is 8.21. The number of ether oxygens (including phenoxy) is 1. The van der Waals surface area contributed by atoms with Crippen LogP contribution in [-0.2, 0) is 14.3 Å². The van der Waals surface area contributed by atoms with E-state index in [-0.39, 0.29) is 29.4 Å². The Bertz CT molecular complexity index is 865. The van der Waals surface area contributed by atoms with E-state index in [4.69, 9.17) is 16.3 Å². The average Bonchev–Trinajstić information content (AvgIpc) is 2.91. The molecule has 2 amide bonds. The summed E-state index contributed by atoms with van der Waals surface area (Å²) < 4.78 is 21.2. The van der Waals surface area contributed by atoms with Crippen LogP contribution in [0.25, 0.3) is 0 Å². The van der Waals surface area contributed by atoms with E-state index in [9.17, 15) is 9.59 Å². The fourth-order valence-corrected chi connectivity index (χ4v) is 6.18. The van der Waals surface area contributed by atoms with Crippen LogP contribution in [0.4, 0.5) is 4.39 Å². The Hall–Kier alpha value is -1.70. The van der Waals surface area contributed by atoms with Gasteiger partial charge in [0.15, 0.2) is 0 Å². The summed E-state index contributed by atoms with van der Waals surface area (Å²) in [4.78, 5) is 27.0. The van der Waals surface area contributed by atoms with Crippen LogP contribution in [0.3, 0.4) is 0 Å². The third kappa shape index (κ3) is 9.22. The van der Waals surface area contributed by atoms with E-state index < -0.39 is 11.9 Å². The maximum atomic E-state index is 15.1. The molecular weight excluding hydrogens is 493 g/mol. The highest BCUT2D eigenvalue weighted by Crippen LogP contribution is 2.36. The predicted molar refractivity (Wildman–Crippen MR) is 146 cm³/mol. The summed E-state index contributed by atoms with van der Waals surface area (Å²) in [5.74, 6) is 0.672. The second kappa shape index (κ2) is 15.6. The van der Waals surface area contributed by atoms with E-state index in [0.29, 0.717) is 37.4 Å². The smallest absolute Gasteiger partial charge is 0.222 e. The molecule has 0 unspecified atom stereocenters. The van der Waals surface area contributed by atoms with Crippen molar-refractivity contribution in [1.29, 1.82) is 0 Å². The van der Waals surface area contributed by atoms with Crippen molar-refractivity contribution in [3.8, 4) is 0 Å². The SMILES string of the molecule is CCC(=O)NCCO[C@@H](c1cccc(Cl)c1F)[C@@H]1CCCN(C(=O)C[C@H](CNC)CC2CCCCC2)C1. The molecule has 0 spiro atoms. The van der Waals surface area contributed by atoms with Crippen molar-refractivity contribution in [1.82, 2.24) is 15.5 Å². The van der Waals surface area contributed by atoms with Gasteiger partial charge in [0.25, 0.3) is 0 Å². The van der Waals surface area contributed by atoms with Crippen LogP contribution in [0.2, 0.25) is 5.02 Å². The number of likely N-dealkylation sites (tertiary alicyclic amines) is 1. The number of halogens is 2. The number of carbonyl (C=O) groups excluding carboxylic acids is 2. The molecule has 2 aliphatic rings. The van der Waals surface area contributed by atoms with Gasteiger partial charge in [0.2, 0.25) is 11.8 Å². The maximum absolute atomic E-state index is 15.1. The van der Waals surface area contributed by atoms with Crippen LogP contribution >= 0.6 is 11.6 Å². The molecule has 37 heavy (non-hydrogen) atoms. The lowest BCUT2D eigenvalue weighted by Gasteiger charge is -2.38. The molecule has 0 bridgehead atoms. The first-order chi connectivity index (χ1) is 17.9. The van der Waals surface area contributed by atoms with E-state index in [1.807, 2.05) is 11.9 Å². The van der Waals surface area contributed by atoms with Crippen molar-refractivity contribution >= 4 is 23.4 Å². The van der Waals surface area contributed by atoms with Gasteiger partial charge in [0.1, 0.15) is 5.82 Å². The highest BCUT2D eigenvalue weighted by molar-refractivity contribution is 6.30. The Morgan fingerprint density at radius 1 is 1.19 bits per heavy atom. The van der Waals surface area contributed by atoms with E-state index in [1.165, 1.54) is 38.2 Å². The van der Waals surface area contributed by atoms with Gasteiger partial charge in [-0.25, -0.2) is 4.39 Å². The Balaban J connectivity index is 1.66. The van der Waals surface area contributed by atoms with Crippen LogP contribution in [0, 0.1) is 23.6 Å². The van der Waals surface area contributed by atoms with Crippen LogP contribution < -0.4 is 10.6 Å². The Labute approximate surface area is 227 Å². The lowest BCUT2D eigenvalue weighted by molar-refractivity contribution is -0.136. The van der Waals surface area contributed by atoms with Crippen molar-refractivity contribution in [2.45, 2.75) is 77.2 Å². The molecule has 2 N–H and O–H groups in total. The summed E-state index contributed by atoms with van der Waals surface area (Å²) in [5.41, 5.74) is 0.416. The quantitative estimate of drug-likeness (QED) is 0.326. The van der Waals surface area contributed by atoms with Gasteiger partial charge >= 0.3 is 0 Å². The summed E-state index contributed by atoms with van der Waals surface area (Å²) in [6.07, 6.45) is 9.72. The molecule has 1 aliphatic heterocycles. The van der Waals surface area contributed by atoms with Crippen LogP contribution in [-0.4, -0.2) is 56.5 Å². The normalized spacial score (nSPS) is 20.4. The largest absolute Gasteiger partial charge is 0.371 e. The van der Waals surface area contributed by atoms with E-state index in [2.05, 4.69) is 10.6 Å². The lowest BCUT2D eigenvalue weighted by Crippen LogP contribution is -2.43. The second-order valence-electron chi connectivity index (χ2n) is 10.7. The molecule has 1 aliphatic carbocycles. The number of benzene rings is 1. The molecule has 2 fully saturated rings. The average molecular weight is 538 g/mol. The highest BCUT2D eigenvalue weighted by Gasteiger charge is 2.33. The minimum atomic E-state index is -0.539. The molecule has 6 nitrogen and oxygen atoms in total. The zero-order valence-corrected chi connectivity index (χ0v) is 23.3. The fraction of sp³-hybridized carbons (Fsp3) is 0.724. The molecule has 1 aromatic carbocycles. The third-order valence-electron chi connectivity index (χ3n) is 7.92. The Kier molecular flexibility index (Phi) is 12.6. The predicted octanol–water partition coefficient (Wildman–Crippen LogP) is 5.50. The molecule has 1 heterocycles. The van der Waals surface area contributed by atoms with Crippen LogP contribution in [0.15, 0.2) is 18.2 Å². The molecule has 1 saturated heterocycles. The minimum Gasteiger partial charge on any atom is -0.371 e. The Morgan fingerprint density at radius 2 is 1.97 bits per heavy atom. The maximum Gasteiger partial charge on any atom is 0.222 e. The monoisotopic (exact) mass is 537 g/mol. The van der Waals surface area contributed by atoms with Gasteiger partial charge in [0, 0.05) is 44.0 Å². The van der Waals surface area contributed by atoms with Crippen molar-refractivity contribution < 1.29 is 18.7 Å². The summed E-state index contributed by atoms with van der Waals surface area (Å²) in [7, 11) is 1.96. The highest BCUT2D eigenvalue weighted by atomic mass is 35.5. The van der Waals surface area contributed by atoms with Crippen molar-refractivity contribution in [2.24, 2.45) is 17.8 Å². The van der Waals surface area contributed by atoms with Crippen LogP contribution in [0.1, 0.15) is 82.8 Å². The van der Waals surface area contributed by atoms with Gasteiger partial charge in [-0.15, -0.1) is 0 Å². The molecule has 208 valence electrons. The van der Waals surface area contributed by atoms with Crippen molar-refractivity contribution in [3.05, 3.63) is 34.6 Å². The summed E-state index contributed by atoms with van der Waals surface area (Å²) >= 11 is 6.11. The van der Waals surface area contributed by atoms with Gasteiger partial charge in [-0.3, -0.25) is 9.59 Å². The fourth-order valence-electron chi connectivity index (χ4n) is 6.00. The first kappa shape index (κ1) is 29.9. The topological polar surface area (TPSA) is 70.7 Å². The molecule has 3 rings (SSSR count). The number of nitrogens with one attached hydrogen (secondary N) is 2. The van der Waals surface area contributed by atoms with Gasteiger partial charge in [0.05, 0.1) is 17.7 Å². The Morgan fingerprint density at radius 3 is 2.70 bits per heavy atom. The first-order valence-electron chi connectivity index (χ1n) is 14.2. The summed E-state index contributed by atoms with van der Waals surface area (Å²) in [6.45, 7) is 4.52. The number of amides is 2. The van der Waals surface area contributed by atoms with Gasteiger partial charge in [-0.05, 0) is 50.8 Å². The number of piperidine rings is 1. The first-order valence-corrected chi connectivity index (χ1v) is 14.5.